The molecule has 0 radical (unpaired) electrons. The van der Waals surface area contributed by atoms with Gasteiger partial charge in [0.2, 0.25) is 10.0 Å². The van der Waals surface area contributed by atoms with E-state index in [0.717, 1.165) is 19.2 Å². The minimum atomic E-state index is -3.53. The van der Waals surface area contributed by atoms with Crippen LogP contribution in [0.25, 0.3) is 0 Å². The summed E-state index contributed by atoms with van der Waals surface area (Å²) in [5.41, 5.74) is 0.449. The zero-order chi connectivity index (χ0) is 17.0. The van der Waals surface area contributed by atoms with Crippen LogP contribution in [0.4, 0.5) is 5.69 Å². The second-order valence-electron chi connectivity index (χ2n) is 5.30. The zero-order valence-corrected chi connectivity index (χ0v) is 14.1. The van der Waals surface area contributed by atoms with Gasteiger partial charge in [-0.2, -0.15) is 0 Å². The van der Waals surface area contributed by atoms with E-state index in [1.165, 1.54) is 26.4 Å². The largest absolute Gasteiger partial charge is 0.493 e. The van der Waals surface area contributed by atoms with Crippen molar-refractivity contribution < 1.29 is 22.7 Å². The number of hydrogen-bond acceptors (Lipinski definition) is 6. The van der Waals surface area contributed by atoms with Gasteiger partial charge in [-0.05, 0) is 25.1 Å². The second-order valence-corrected chi connectivity index (χ2v) is 7.05. The van der Waals surface area contributed by atoms with E-state index in [1.54, 1.807) is 0 Å². The third kappa shape index (κ3) is 4.49. The number of sulfonamides is 1. The highest BCUT2D eigenvalue weighted by atomic mass is 32.2. The van der Waals surface area contributed by atoms with E-state index < -0.39 is 10.0 Å². The Labute approximate surface area is 135 Å². The number of rotatable bonds is 6. The van der Waals surface area contributed by atoms with Gasteiger partial charge in [0.25, 0.3) is 5.91 Å². The molecule has 1 aromatic rings. The Balaban J connectivity index is 2.35. The van der Waals surface area contributed by atoms with Gasteiger partial charge in [0.1, 0.15) is 0 Å². The van der Waals surface area contributed by atoms with Gasteiger partial charge in [-0.3, -0.25) is 9.52 Å². The van der Waals surface area contributed by atoms with Crippen molar-refractivity contribution in [3.05, 3.63) is 17.7 Å². The molecule has 0 bridgehead atoms. The molecule has 1 saturated heterocycles. The van der Waals surface area contributed by atoms with Crippen LogP contribution in [0.1, 0.15) is 16.8 Å². The number of nitrogens with one attached hydrogen (secondary N) is 3. The number of methoxy groups -OCH3 is 2. The Morgan fingerprint density at radius 2 is 2.04 bits per heavy atom. The molecular formula is C14H21N3O5S. The van der Waals surface area contributed by atoms with Crippen LogP contribution in [0, 0.1) is 0 Å². The highest BCUT2D eigenvalue weighted by molar-refractivity contribution is 7.92. The highest BCUT2D eigenvalue weighted by Gasteiger charge is 2.21. The van der Waals surface area contributed by atoms with Crippen molar-refractivity contribution in [2.45, 2.75) is 12.5 Å². The number of hydrogen-bond donors (Lipinski definition) is 3. The molecule has 0 spiro atoms. The van der Waals surface area contributed by atoms with Crippen LogP contribution < -0.4 is 24.8 Å². The molecule has 1 aromatic carbocycles. The smallest absolute Gasteiger partial charge is 0.251 e. The zero-order valence-electron chi connectivity index (χ0n) is 13.3. The van der Waals surface area contributed by atoms with E-state index in [0.29, 0.717) is 12.1 Å². The summed E-state index contributed by atoms with van der Waals surface area (Å²) in [5, 5.41) is 6.06. The SMILES string of the molecule is COc1cc(C(=O)NC2CCNC2)cc(NS(C)(=O)=O)c1OC. The minimum absolute atomic E-state index is 0.0573. The molecule has 0 saturated carbocycles. The summed E-state index contributed by atoms with van der Waals surface area (Å²) in [6, 6.07) is 3.01. The van der Waals surface area contributed by atoms with Gasteiger partial charge >= 0.3 is 0 Å². The molecule has 0 aliphatic carbocycles. The number of ether oxygens (including phenoxy) is 2. The molecule has 1 atom stereocenters. The van der Waals surface area contributed by atoms with Crippen LogP contribution in [0.2, 0.25) is 0 Å². The molecule has 9 heteroatoms. The monoisotopic (exact) mass is 343 g/mol. The maximum absolute atomic E-state index is 12.4. The van der Waals surface area contributed by atoms with Crippen LogP contribution in [0.15, 0.2) is 12.1 Å². The van der Waals surface area contributed by atoms with Gasteiger partial charge in [-0.25, -0.2) is 8.42 Å². The first kappa shape index (κ1) is 17.4. The Kier molecular flexibility index (Phi) is 5.32. The standard InChI is InChI=1S/C14H21N3O5S/c1-21-12-7-9(14(18)16-10-4-5-15-8-10)6-11(13(12)22-2)17-23(3,19)20/h6-7,10,15,17H,4-5,8H2,1-3H3,(H,16,18). The second kappa shape index (κ2) is 7.05. The third-order valence-electron chi connectivity index (χ3n) is 3.43. The summed E-state index contributed by atoms with van der Waals surface area (Å²) >= 11 is 0. The molecule has 1 aliphatic heterocycles. The summed E-state index contributed by atoms with van der Waals surface area (Å²) in [4.78, 5) is 12.4. The molecule has 1 amide bonds. The summed E-state index contributed by atoms with van der Waals surface area (Å²) in [6.07, 6.45) is 1.88. The number of anilines is 1. The van der Waals surface area contributed by atoms with E-state index in [9.17, 15) is 13.2 Å². The molecule has 1 fully saturated rings. The van der Waals surface area contributed by atoms with Crippen molar-refractivity contribution in [2.24, 2.45) is 0 Å². The predicted molar refractivity (Wildman–Crippen MR) is 86.8 cm³/mol. The van der Waals surface area contributed by atoms with Gasteiger partial charge in [0.05, 0.1) is 26.2 Å². The predicted octanol–water partition coefficient (Wildman–Crippen LogP) is 0.167. The molecular weight excluding hydrogens is 322 g/mol. The Bertz CT molecular complexity index is 684. The molecule has 0 aromatic heterocycles. The van der Waals surface area contributed by atoms with Crippen LogP contribution in [0.3, 0.4) is 0 Å². The average molecular weight is 343 g/mol. The quantitative estimate of drug-likeness (QED) is 0.680. The maximum atomic E-state index is 12.4. The molecule has 128 valence electrons. The summed E-state index contributed by atoms with van der Waals surface area (Å²) in [5.74, 6) is 0.198. The van der Waals surface area contributed by atoms with Gasteiger partial charge in [-0.15, -0.1) is 0 Å². The summed E-state index contributed by atoms with van der Waals surface area (Å²) in [6.45, 7) is 1.57. The number of benzene rings is 1. The minimum Gasteiger partial charge on any atom is -0.493 e. The average Bonchev–Trinajstić information content (AvgIpc) is 2.97. The van der Waals surface area contributed by atoms with E-state index in [2.05, 4.69) is 15.4 Å². The van der Waals surface area contributed by atoms with Crippen molar-refractivity contribution in [3.8, 4) is 11.5 Å². The number of carbonyl (C=O) groups is 1. The lowest BCUT2D eigenvalue weighted by Crippen LogP contribution is -2.36. The fourth-order valence-electron chi connectivity index (χ4n) is 2.42. The van der Waals surface area contributed by atoms with E-state index in [1.807, 2.05) is 0 Å². The first-order chi connectivity index (χ1) is 10.8. The molecule has 23 heavy (non-hydrogen) atoms. The number of amides is 1. The first-order valence-corrected chi connectivity index (χ1v) is 8.98. The van der Waals surface area contributed by atoms with Crippen LogP contribution in [-0.2, 0) is 10.0 Å². The fourth-order valence-corrected chi connectivity index (χ4v) is 2.97. The fraction of sp³-hybridized carbons (Fsp3) is 0.500. The lowest BCUT2D eigenvalue weighted by Gasteiger charge is -2.17. The molecule has 1 unspecified atom stereocenters. The van der Waals surface area contributed by atoms with Gasteiger partial charge in [-0.1, -0.05) is 0 Å². The molecule has 3 N–H and O–H groups in total. The van der Waals surface area contributed by atoms with Crippen LogP contribution in [-0.4, -0.2) is 53.9 Å². The Hall–Kier alpha value is -2.00. The summed E-state index contributed by atoms with van der Waals surface area (Å²) < 4.78 is 35.8. The van der Waals surface area contributed by atoms with Gasteiger partial charge < -0.3 is 20.1 Å². The van der Waals surface area contributed by atoms with Crippen molar-refractivity contribution in [2.75, 3.05) is 38.3 Å². The van der Waals surface area contributed by atoms with E-state index in [4.69, 9.17) is 9.47 Å². The normalized spacial score (nSPS) is 17.6. The van der Waals surface area contributed by atoms with Gasteiger partial charge in [0, 0.05) is 18.2 Å². The Morgan fingerprint density at radius 1 is 1.30 bits per heavy atom. The van der Waals surface area contributed by atoms with Gasteiger partial charge in [0.15, 0.2) is 11.5 Å². The molecule has 2 rings (SSSR count). The van der Waals surface area contributed by atoms with Crippen molar-refractivity contribution in [3.63, 3.8) is 0 Å². The molecule has 1 heterocycles. The lowest BCUT2D eigenvalue weighted by molar-refractivity contribution is 0.0939. The van der Waals surface area contributed by atoms with Crippen LogP contribution >= 0.6 is 0 Å². The molecule has 1 aliphatic rings. The highest BCUT2D eigenvalue weighted by Crippen LogP contribution is 2.37. The van der Waals surface area contributed by atoms with Crippen molar-refractivity contribution >= 4 is 21.6 Å². The van der Waals surface area contributed by atoms with E-state index >= 15 is 0 Å². The lowest BCUT2D eigenvalue weighted by atomic mass is 10.1. The van der Waals surface area contributed by atoms with Crippen LogP contribution in [0.5, 0.6) is 11.5 Å². The van der Waals surface area contributed by atoms with Crippen molar-refractivity contribution in [1.82, 2.24) is 10.6 Å². The topological polar surface area (TPSA) is 106 Å². The summed E-state index contributed by atoms with van der Waals surface area (Å²) in [7, 11) is -0.707. The Morgan fingerprint density at radius 3 is 2.57 bits per heavy atom. The molecule has 8 nitrogen and oxygen atoms in total. The first-order valence-electron chi connectivity index (χ1n) is 7.09. The van der Waals surface area contributed by atoms with Crippen molar-refractivity contribution in [1.29, 1.82) is 0 Å². The van der Waals surface area contributed by atoms with E-state index in [-0.39, 0.29) is 29.1 Å². The maximum Gasteiger partial charge on any atom is 0.251 e. The third-order valence-corrected chi connectivity index (χ3v) is 4.02. The number of carbonyl (C=O) groups excluding carboxylic acids is 1.